The predicted octanol–water partition coefficient (Wildman–Crippen LogP) is 0.836. The van der Waals surface area contributed by atoms with Gasteiger partial charge in [0.25, 0.3) is 0 Å². The van der Waals surface area contributed by atoms with Crippen molar-refractivity contribution < 1.29 is 0 Å². The van der Waals surface area contributed by atoms with Crippen molar-refractivity contribution in [3.63, 3.8) is 0 Å². The third-order valence-corrected chi connectivity index (χ3v) is 4.05. The van der Waals surface area contributed by atoms with Gasteiger partial charge in [0.15, 0.2) is 0 Å². The number of nitrogens with zero attached hydrogens (tertiary/aromatic N) is 4. The van der Waals surface area contributed by atoms with Crippen LogP contribution in [0.5, 0.6) is 0 Å². The molecule has 1 unspecified atom stereocenters. The normalized spacial score (nSPS) is 20.2. The van der Waals surface area contributed by atoms with Gasteiger partial charge in [0.2, 0.25) is 0 Å². The molecule has 19 heavy (non-hydrogen) atoms. The Hall–Kier alpha value is -1.07. The molecule has 2 heterocycles. The van der Waals surface area contributed by atoms with Gasteiger partial charge in [-0.1, -0.05) is 0 Å². The van der Waals surface area contributed by atoms with Gasteiger partial charge < -0.3 is 15.1 Å². The van der Waals surface area contributed by atoms with Gasteiger partial charge in [0.1, 0.15) is 5.82 Å². The van der Waals surface area contributed by atoms with E-state index in [1.165, 1.54) is 30.9 Å². The minimum absolute atomic E-state index is 0.771. The molecule has 1 aliphatic rings. The number of aromatic nitrogens is 2. The van der Waals surface area contributed by atoms with E-state index in [1.54, 1.807) is 0 Å². The average Bonchev–Trinajstić information content (AvgIpc) is 2.84. The topological polar surface area (TPSA) is 36.3 Å². The van der Waals surface area contributed by atoms with Crippen LogP contribution >= 0.6 is 0 Å². The third kappa shape index (κ3) is 3.09. The summed E-state index contributed by atoms with van der Waals surface area (Å²) in [7, 11) is 8.43. The van der Waals surface area contributed by atoms with Crippen molar-refractivity contribution >= 4 is 5.82 Å². The van der Waals surface area contributed by atoms with Gasteiger partial charge in [-0.05, 0) is 39.9 Å². The summed E-state index contributed by atoms with van der Waals surface area (Å²) in [5.74, 6) is 2.02. The van der Waals surface area contributed by atoms with Crippen molar-refractivity contribution in [3.05, 3.63) is 11.3 Å². The average molecular weight is 265 g/mol. The minimum atomic E-state index is 0.771. The number of aryl methyl sites for hydroxylation is 2. The Morgan fingerprint density at radius 2 is 2.16 bits per heavy atom. The molecule has 108 valence electrons. The van der Waals surface area contributed by atoms with E-state index in [2.05, 4.69) is 41.2 Å². The van der Waals surface area contributed by atoms with E-state index in [-0.39, 0.29) is 0 Å². The fraction of sp³-hybridized carbons (Fsp3) is 0.786. The van der Waals surface area contributed by atoms with Gasteiger partial charge in [-0.15, -0.1) is 0 Å². The summed E-state index contributed by atoms with van der Waals surface area (Å²) in [5.41, 5.74) is 2.45. The number of hydrogen-bond acceptors (Lipinski definition) is 4. The van der Waals surface area contributed by atoms with Gasteiger partial charge in [-0.2, -0.15) is 5.10 Å². The van der Waals surface area contributed by atoms with Crippen molar-refractivity contribution in [2.24, 2.45) is 13.0 Å². The zero-order valence-corrected chi connectivity index (χ0v) is 12.9. The second kappa shape index (κ2) is 5.92. The number of rotatable bonds is 5. The lowest BCUT2D eigenvalue weighted by Crippen LogP contribution is -2.29. The van der Waals surface area contributed by atoms with Crippen LogP contribution in [0.25, 0.3) is 0 Å². The summed E-state index contributed by atoms with van der Waals surface area (Å²) in [6, 6.07) is 0. The van der Waals surface area contributed by atoms with Gasteiger partial charge >= 0.3 is 0 Å². The summed E-state index contributed by atoms with van der Waals surface area (Å²) in [6.07, 6.45) is 1.30. The molecule has 1 aromatic rings. The van der Waals surface area contributed by atoms with E-state index in [0.717, 1.165) is 24.7 Å². The number of hydrogen-bond donors (Lipinski definition) is 1. The summed E-state index contributed by atoms with van der Waals surface area (Å²) in [5, 5.41) is 7.81. The second-order valence-corrected chi connectivity index (χ2v) is 5.84. The first-order chi connectivity index (χ1) is 9.02. The zero-order chi connectivity index (χ0) is 14.0. The van der Waals surface area contributed by atoms with Gasteiger partial charge in [0, 0.05) is 39.3 Å². The highest BCUT2D eigenvalue weighted by molar-refractivity contribution is 5.49. The molecule has 1 fully saturated rings. The van der Waals surface area contributed by atoms with E-state index in [9.17, 15) is 0 Å². The first-order valence-corrected chi connectivity index (χ1v) is 7.09. The Labute approximate surface area is 116 Å². The van der Waals surface area contributed by atoms with Crippen molar-refractivity contribution in [2.45, 2.75) is 19.9 Å². The molecule has 0 spiro atoms. The quantitative estimate of drug-likeness (QED) is 0.856. The van der Waals surface area contributed by atoms with E-state index >= 15 is 0 Å². The van der Waals surface area contributed by atoms with Crippen LogP contribution in [0.4, 0.5) is 5.82 Å². The Kier molecular flexibility index (Phi) is 4.47. The van der Waals surface area contributed by atoms with Crippen LogP contribution in [0, 0.1) is 12.8 Å². The molecular weight excluding hydrogens is 238 g/mol. The lowest BCUT2D eigenvalue weighted by molar-refractivity contribution is 0.395. The molecule has 1 aliphatic heterocycles. The molecule has 0 saturated carbocycles. The summed E-state index contributed by atoms with van der Waals surface area (Å²) < 4.78 is 2.01. The molecule has 5 heteroatoms. The van der Waals surface area contributed by atoms with Gasteiger partial charge in [0.05, 0.1) is 5.69 Å². The highest BCUT2D eigenvalue weighted by atomic mass is 15.4. The van der Waals surface area contributed by atoms with Crippen molar-refractivity contribution in [3.8, 4) is 0 Å². The Morgan fingerprint density at radius 1 is 1.42 bits per heavy atom. The molecular formula is C14H27N5. The highest BCUT2D eigenvalue weighted by Gasteiger charge is 2.23. The molecule has 5 nitrogen and oxygen atoms in total. The predicted molar refractivity (Wildman–Crippen MR) is 79.6 cm³/mol. The zero-order valence-electron chi connectivity index (χ0n) is 12.9. The monoisotopic (exact) mass is 265 g/mol. The third-order valence-electron chi connectivity index (χ3n) is 4.05. The first-order valence-electron chi connectivity index (χ1n) is 7.09. The molecule has 0 radical (unpaired) electrons. The first kappa shape index (κ1) is 14.3. The van der Waals surface area contributed by atoms with Crippen molar-refractivity contribution in [1.29, 1.82) is 0 Å². The maximum absolute atomic E-state index is 4.56. The molecule has 1 saturated heterocycles. The number of likely N-dealkylation sites (tertiary alicyclic amines) is 1. The van der Waals surface area contributed by atoms with E-state index in [1.807, 2.05) is 18.8 Å². The van der Waals surface area contributed by atoms with E-state index < -0.39 is 0 Å². The lowest BCUT2D eigenvalue weighted by Gasteiger charge is -2.24. The van der Waals surface area contributed by atoms with Gasteiger partial charge in [-0.3, -0.25) is 4.68 Å². The highest BCUT2D eigenvalue weighted by Crippen LogP contribution is 2.24. The van der Waals surface area contributed by atoms with Crippen LogP contribution < -0.4 is 10.2 Å². The molecule has 0 amide bonds. The molecule has 1 N–H and O–H groups in total. The fourth-order valence-corrected chi connectivity index (χ4v) is 3.20. The van der Waals surface area contributed by atoms with Crippen LogP contribution in [0.15, 0.2) is 0 Å². The van der Waals surface area contributed by atoms with Crippen molar-refractivity contribution in [2.75, 3.05) is 45.7 Å². The number of nitrogens with one attached hydrogen (secondary N) is 1. The molecule has 2 rings (SSSR count). The Morgan fingerprint density at radius 3 is 2.74 bits per heavy atom. The molecule has 0 aromatic carbocycles. The Bertz CT molecular complexity index is 426. The van der Waals surface area contributed by atoms with Crippen LogP contribution in [-0.4, -0.2) is 55.5 Å². The molecule has 0 bridgehead atoms. The van der Waals surface area contributed by atoms with Crippen LogP contribution in [-0.2, 0) is 13.6 Å². The molecule has 1 atom stereocenters. The van der Waals surface area contributed by atoms with Crippen molar-refractivity contribution in [1.82, 2.24) is 20.0 Å². The summed E-state index contributed by atoms with van der Waals surface area (Å²) in [6.45, 7) is 6.52. The molecule has 1 aromatic heterocycles. The standard InChI is InChI=1S/C14H27N5/c1-11-13(8-15-2)14(19(5)16-11)18(4)10-12-6-7-17(3)9-12/h12,15H,6-10H2,1-5H3. The minimum Gasteiger partial charge on any atom is -0.359 e. The summed E-state index contributed by atoms with van der Waals surface area (Å²) in [4.78, 5) is 4.79. The molecule has 0 aliphatic carbocycles. The second-order valence-electron chi connectivity index (χ2n) is 5.84. The van der Waals surface area contributed by atoms with Gasteiger partial charge in [-0.25, -0.2) is 0 Å². The van der Waals surface area contributed by atoms with Crippen LogP contribution in [0.3, 0.4) is 0 Å². The van der Waals surface area contributed by atoms with Crippen LogP contribution in [0.2, 0.25) is 0 Å². The van der Waals surface area contributed by atoms with E-state index in [0.29, 0.717) is 0 Å². The maximum atomic E-state index is 4.56. The van der Waals surface area contributed by atoms with Crippen LogP contribution in [0.1, 0.15) is 17.7 Å². The SMILES string of the molecule is CNCc1c(C)nn(C)c1N(C)CC1CCN(C)C1. The fourth-order valence-electron chi connectivity index (χ4n) is 3.20. The maximum Gasteiger partial charge on any atom is 0.131 e. The Balaban J connectivity index is 2.11. The lowest BCUT2D eigenvalue weighted by atomic mass is 10.1. The smallest absolute Gasteiger partial charge is 0.131 e. The summed E-state index contributed by atoms with van der Waals surface area (Å²) >= 11 is 0. The largest absolute Gasteiger partial charge is 0.359 e. The number of anilines is 1. The van der Waals surface area contributed by atoms with E-state index in [4.69, 9.17) is 0 Å².